The normalized spacial score (nSPS) is 28.6. The summed E-state index contributed by atoms with van der Waals surface area (Å²) in [5.41, 5.74) is 4.52. The van der Waals surface area contributed by atoms with E-state index in [0.717, 1.165) is 39.3 Å². The number of aryl methyl sites for hydroxylation is 1. The standard InChI is InChI=1S/C22H37N3O2/c1-5-23-8-10-24(11-9-23)14-19-12-17(2)13-20(18(19)3)15-25-7-6-22(4,27)21(26)16-25/h12-13,21,26-27H,5-11,14-16H2,1-4H3/t21-,22-/m0/s1. The summed E-state index contributed by atoms with van der Waals surface area (Å²) in [5.74, 6) is 0. The SMILES string of the molecule is CCN1CCN(Cc2cc(C)cc(CN3CC[C@](C)(O)[C@@H](O)C3)c2C)CC1. The molecule has 0 radical (unpaired) electrons. The van der Waals surface area contributed by atoms with Crippen molar-refractivity contribution in [1.29, 1.82) is 0 Å². The van der Waals surface area contributed by atoms with Crippen LogP contribution >= 0.6 is 0 Å². The first-order valence-corrected chi connectivity index (χ1v) is 10.4. The van der Waals surface area contributed by atoms with Gasteiger partial charge in [0, 0.05) is 52.4 Å². The number of likely N-dealkylation sites (N-methyl/N-ethyl adjacent to an activating group) is 1. The molecule has 1 aromatic rings. The first-order valence-electron chi connectivity index (χ1n) is 10.4. The maximum Gasteiger partial charge on any atom is 0.0951 e. The Balaban J connectivity index is 1.67. The van der Waals surface area contributed by atoms with Crippen molar-refractivity contribution in [1.82, 2.24) is 14.7 Å². The molecule has 0 aromatic heterocycles. The number of aliphatic hydroxyl groups excluding tert-OH is 1. The van der Waals surface area contributed by atoms with Crippen LogP contribution in [0.4, 0.5) is 0 Å². The van der Waals surface area contributed by atoms with Crippen LogP contribution in [-0.2, 0) is 13.1 Å². The number of hydrogen-bond acceptors (Lipinski definition) is 5. The number of likely N-dealkylation sites (tertiary alicyclic amines) is 1. The lowest BCUT2D eigenvalue weighted by Crippen LogP contribution is -2.53. The summed E-state index contributed by atoms with van der Waals surface area (Å²) in [6.07, 6.45) is -0.0566. The molecule has 5 heteroatoms. The van der Waals surface area contributed by atoms with E-state index in [2.05, 4.69) is 47.6 Å². The van der Waals surface area contributed by atoms with Crippen molar-refractivity contribution in [2.45, 2.75) is 58.9 Å². The van der Waals surface area contributed by atoms with E-state index < -0.39 is 11.7 Å². The van der Waals surface area contributed by atoms with Crippen LogP contribution in [0.5, 0.6) is 0 Å². The van der Waals surface area contributed by atoms with Crippen molar-refractivity contribution in [3.8, 4) is 0 Å². The summed E-state index contributed by atoms with van der Waals surface area (Å²) in [7, 11) is 0. The van der Waals surface area contributed by atoms with Crippen molar-refractivity contribution in [2.24, 2.45) is 0 Å². The van der Waals surface area contributed by atoms with E-state index in [1.807, 2.05) is 0 Å². The molecule has 2 aliphatic rings. The molecule has 0 unspecified atom stereocenters. The van der Waals surface area contributed by atoms with Gasteiger partial charge in [-0.2, -0.15) is 0 Å². The fraction of sp³-hybridized carbons (Fsp3) is 0.727. The zero-order chi connectivity index (χ0) is 19.6. The Bertz CT molecular complexity index is 639. The quantitative estimate of drug-likeness (QED) is 0.821. The largest absolute Gasteiger partial charge is 0.389 e. The van der Waals surface area contributed by atoms with Gasteiger partial charge in [0.05, 0.1) is 11.7 Å². The molecule has 2 atom stereocenters. The lowest BCUT2D eigenvalue weighted by atomic mass is 9.90. The van der Waals surface area contributed by atoms with Crippen LogP contribution in [-0.4, -0.2) is 82.4 Å². The van der Waals surface area contributed by atoms with Gasteiger partial charge in [0.25, 0.3) is 0 Å². The molecule has 0 amide bonds. The Morgan fingerprint density at radius 1 is 0.963 bits per heavy atom. The van der Waals surface area contributed by atoms with E-state index in [1.54, 1.807) is 6.92 Å². The molecule has 3 rings (SSSR count). The lowest BCUT2D eigenvalue weighted by molar-refractivity contribution is -0.108. The number of nitrogens with zero attached hydrogens (tertiary/aromatic N) is 3. The van der Waals surface area contributed by atoms with Crippen molar-refractivity contribution in [3.05, 3.63) is 34.4 Å². The molecule has 152 valence electrons. The van der Waals surface area contributed by atoms with Gasteiger partial charge < -0.3 is 15.1 Å². The molecule has 1 aromatic carbocycles. The van der Waals surface area contributed by atoms with Crippen molar-refractivity contribution < 1.29 is 10.2 Å². The first kappa shape index (κ1) is 20.7. The van der Waals surface area contributed by atoms with E-state index in [0.29, 0.717) is 13.0 Å². The zero-order valence-corrected chi connectivity index (χ0v) is 17.5. The van der Waals surface area contributed by atoms with Gasteiger partial charge >= 0.3 is 0 Å². The number of aliphatic hydroxyl groups is 2. The van der Waals surface area contributed by atoms with E-state index >= 15 is 0 Å². The second kappa shape index (κ2) is 8.58. The van der Waals surface area contributed by atoms with Crippen LogP contribution in [0.2, 0.25) is 0 Å². The van der Waals surface area contributed by atoms with Gasteiger partial charge in [0.15, 0.2) is 0 Å². The highest BCUT2D eigenvalue weighted by molar-refractivity contribution is 5.38. The summed E-state index contributed by atoms with van der Waals surface area (Å²) in [4.78, 5) is 7.36. The fourth-order valence-corrected chi connectivity index (χ4v) is 4.32. The lowest BCUT2D eigenvalue weighted by Gasteiger charge is -2.40. The van der Waals surface area contributed by atoms with Crippen LogP contribution in [0.1, 0.15) is 42.5 Å². The Morgan fingerprint density at radius 3 is 2.07 bits per heavy atom. The van der Waals surface area contributed by atoms with Gasteiger partial charge in [-0.25, -0.2) is 0 Å². The third kappa shape index (κ3) is 5.09. The van der Waals surface area contributed by atoms with E-state index in [4.69, 9.17) is 0 Å². The Hall–Kier alpha value is -0.980. The number of piperidine rings is 1. The number of piperazine rings is 1. The highest BCUT2D eigenvalue weighted by atomic mass is 16.3. The molecule has 2 heterocycles. The third-order valence-corrected chi connectivity index (χ3v) is 6.55. The predicted molar refractivity (Wildman–Crippen MR) is 110 cm³/mol. The number of β-amino-alcohol motifs (C(OH)–C–C–N with tert-alkyl or cyclic N) is 1. The molecule has 5 nitrogen and oxygen atoms in total. The maximum atomic E-state index is 10.2. The monoisotopic (exact) mass is 375 g/mol. The summed E-state index contributed by atoms with van der Waals surface area (Å²) in [5, 5.41) is 20.4. The van der Waals surface area contributed by atoms with Gasteiger partial charge in [-0.3, -0.25) is 9.80 Å². The number of rotatable bonds is 5. The predicted octanol–water partition coefficient (Wildman–Crippen LogP) is 1.76. The zero-order valence-electron chi connectivity index (χ0n) is 17.5. The molecule has 2 N–H and O–H groups in total. The number of benzene rings is 1. The summed E-state index contributed by atoms with van der Waals surface area (Å²) in [6, 6.07) is 4.62. The first-order chi connectivity index (χ1) is 12.8. The minimum atomic E-state index is -0.954. The smallest absolute Gasteiger partial charge is 0.0951 e. The molecule has 0 aliphatic carbocycles. The van der Waals surface area contributed by atoms with Crippen LogP contribution in [0.3, 0.4) is 0 Å². The molecule has 0 saturated carbocycles. The van der Waals surface area contributed by atoms with Gasteiger partial charge in [0.1, 0.15) is 0 Å². The van der Waals surface area contributed by atoms with Crippen LogP contribution < -0.4 is 0 Å². The van der Waals surface area contributed by atoms with Crippen LogP contribution in [0, 0.1) is 13.8 Å². The van der Waals surface area contributed by atoms with Crippen molar-refractivity contribution in [3.63, 3.8) is 0 Å². The highest BCUT2D eigenvalue weighted by Gasteiger charge is 2.36. The van der Waals surface area contributed by atoms with Crippen molar-refractivity contribution in [2.75, 3.05) is 45.8 Å². The minimum Gasteiger partial charge on any atom is -0.389 e. The minimum absolute atomic E-state index is 0.536. The van der Waals surface area contributed by atoms with Gasteiger partial charge in [0.2, 0.25) is 0 Å². The van der Waals surface area contributed by atoms with Gasteiger partial charge in [-0.1, -0.05) is 24.6 Å². The molecular formula is C22H37N3O2. The van der Waals surface area contributed by atoms with E-state index in [1.165, 1.54) is 35.3 Å². The highest BCUT2D eigenvalue weighted by Crippen LogP contribution is 2.26. The van der Waals surface area contributed by atoms with Crippen LogP contribution in [0.15, 0.2) is 12.1 Å². The Kier molecular flexibility index (Phi) is 6.59. The Morgan fingerprint density at radius 2 is 1.52 bits per heavy atom. The third-order valence-electron chi connectivity index (χ3n) is 6.55. The molecule has 0 bridgehead atoms. The summed E-state index contributed by atoms with van der Waals surface area (Å²) in [6.45, 7) is 17.4. The molecule has 0 spiro atoms. The average Bonchev–Trinajstić information content (AvgIpc) is 2.63. The summed E-state index contributed by atoms with van der Waals surface area (Å²) < 4.78 is 0. The van der Waals surface area contributed by atoms with E-state index in [9.17, 15) is 10.2 Å². The average molecular weight is 376 g/mol. The molecular weight excluding hydrogens is 338 g/mol. The second-order valence-corrected chi connectivity index (χ2v) is 8.78. The van der Waals surface area contributed by atoms with Gasteiger partial charge in [-0.05, 0) is 50.4 Å². The summed E-state index contributed by atoms with van der Waals surface area (Å²) >= 11 is 0. The topological polar surface area (TPSA) is 50.2 Å². The fourth-order valence-electron chi connectivity index (χ4n) is 4.32. The van der Waals surface area contributed by atoms with E-state index in [-0.39, 0.29) is 0 Å². The maximum absolute atomic E-state index is 10.2. The van der Waals surface area contributed by atoms with Crippen molar-refractivity contribution >= 4 is 0 Å². The molecule has 2 aliphatic heterocycles. The molecule has 27 heavy (non-hydrogen) atoms. The molecule has 2 fully saturated rings. The Labute approximate surface area is 164 Å². The number of hydrogen-bond donors (Lipinski definition) is 2. The van der Waals surface area contributed by atoms with Crippen LogP contribution in [0.25, 0.3) is 0 Å². The second-order valence-electron chi connectivity index (χ2n) is 8.78. The van der Waals surface area contributed by atoms with Gasteiger partial charge in [-0.15, -0.1) is 0 Å². The molecule has 2 saturated heterocycles.